The second kappa shape index (κ2) is 3.73. The van der Waals surface area contributed by atoms with Crippen LogP contribution in [0.25, 0.3) is 0 Å². The van der Waals surface area contributed by atoms with Gasteiger partial charge in [-0.05, 0) is 18.4 Å². The molecule has 1 fully saturated rings. The van der Waals surface area contributed by atoms with E-state index in [9.17, 15) is 4.79 Å². The summed E-state index contributed by atoms with van der Waals surface area (Å²) in [5.74, 6) is 1.94. The highest BCUT2D eigenvalue weighted by atomic mass is 16.2. The minimum atomic E-state index is -0.0836. The van der Waals surface area contributed by atoms with Gasteiger partial charge in [0.05, 0.1) is 0 Å². The van der Waals surface area contributed by atoms with E-state index in [1.165, 1.54) is 6.08 Å². The van der Waals surface area contributed by atoms with Gasteiger partial charge in [-0.1, -0.05) is 13.5 Å². The molecular formula is C10H16N2O. The maximum Gasteiger partial charge on any atom is 0.251 e. The van der Waals surface area contributed by atoms with Gasteiger partial charge in [0.2, 0.25) is 0 Å². The van der Waals surface area contributed by atoms with Gasteiger partial charge in [-0.3, -0.25) is 14.7 Å². The molecule has 0 radical (unpaired) electrons. The van der Waals surface area contributed by atoms with Gasteiger partial charge < -0.3 is 0 Å². The Labute approximate surface area is 79.1 Å². The number of aliphatic imine (C=N–C) groups is 1. The van der Waals surface area contributed by atoms with Crippen LogP contribution < -0.4 is 0 Å². The van der Waals surface area contributed by atoms with E-state index >= 15 is 0 Å². The third-order valence-corrected chi connectivity index (χ3v) is 2.52. The van der Waals surface area contributed by atoms with Gasteiger partial charge in [0.15, 0.2) is 0 Å². The Morgan fingerprint density at radius 1 is 1.69 bits per heavy atom. The molecule has 13 heavy (non-hydrogen) atoms. The topological polar surface area (TPSA) is 32.7 Å². The Kier molecular flexibility index (Phi) is 2.86. The minimum Gasteiger partial charge on any atom is -0.300 e. The summed E-state index contributed by atoms with van der Waals surface area (Å²) in [4.78, 5) is 17.0. The first-order valence-corrected chi connectivity index (χ1v) is 4.48. The lowest BCUT2D eigenvalue weighted by molar-refractivity contribution is -0.121. The maximum atomic E-state index is 11.3. The van der Waals surface area contributed by atoms with Gasteiger partial charge >= 0.3 is 0 Å². The molecule has 0 bridgehead atoms. The molecule has 0 aliphatic heterocycles. The molecule has 72 valence electrons. The van der Waals surface area contributed by atoms with Gasteiger partial charge in [0, 0.05) is 20.0 Å². The first kappa shape index (κ1) is 9.96. The van der Waals surface area contributed by atoms with E-state index in [0.717, 1.165) is 12.3 Å². The van der Waals surface area contributed by atoms with Crippen molar-refractivity contribution in [2.24, 2.45) is 16.8 Å². The monoisotopic (exact) mass is 180 g/mol. The number of nitrogens with zero attached hydrogens (tertiary/aromatic N) is 2. The molecular weight excluding hydrogens is 164 g/mol. The van der Waals surface area contributed by atoms with E-state index in [1.54, 1.807) is 19.0 Å². The predicted octanol–water partition coefficient (Wildman–Crippen LogP) is 1.32. The predicted molar refractivity (Wildman–Crippen MR) is 53.6 cm³/mol. The molecule has 0 heterocycles. The van der Waals surface area contributed by atoms with E-state index in [1.807, 2.05) is 0 Å². The Morgan fingerprint density at radius 2 is 2.23 bits per heavy atom. The molecule has 3 nitrogen and oxygen atoms in total. The molecule has 0 spiro atoms. The van der Waals surface area contributed by atoms with Crippen molar-refractivity contribution in [2.45, 2.75) is 13.3 Å². The minimum absolute atomic E-state index is 0.0836. The standard InChI is InChI=1S/C10H16N2O/c1-5-9(13)12(4)10(11-3)8-6-7(8)2/h5,7-8H,1,6H2,2-4H3/b11-10-. The number of carbonyl (C=O) groups is 1. The highest BCUT2D eigenvalue weighted by molar-refractivity contribution is 6.04. The lowest BCUT2D eigenvalue weighted by Crippen LogP contribution is -2.33. The molecule has 1 saturated carbocycles. The number of likely N-dealkylation sites (N-methyl/N-ethyl adjacent to an activating group) is 1. The van der Waals surface area contributed by atoms with Crippen molar-refractivity contribution in [3.8, 4) is 0 Å². The Hall–Kier alpha value is -1.12. The summed E-state index contributed by atoms with van der Waals surface area (Å²) in [5, 5.41) is 0. The number of amidine groups is 1. The molecule has 1 aliphatic rings. The van der Waals surface area contributed by atoms with Crippen molar-refractivity contribution in [2.75, 3.05) is 14.1 Å². The van der Waals surface area contributed by atoms with Crippen LogP contribution in [-0.4, -0.2) is 30.7 Å². The van der Waals surface area contributed by atoms with Crippen LogP contribution in [0.5, 0.6) is 0 Å². The summed E-state index contributed by atoms with van der Waals surface area (Å²) < 4.78 is 0. The highest BCUT2D eigenvalue weighted by Crippen LogP contribution is 2.39. The molecule has 1 aliphatic carbocycles. The number of hydrogen-bond acceptors (Lipinski definition) is 2. The number of rotatable bonds is 2. The zero-order valence-corrected chi connectivity index (χ0v) is 8.45. The quantitative estimate of drug-likeness (QED) is 0.358. The highest BCUT2D eigenvalue weighted by Gasteiger charge is 2.39. The number of carbonyl (C=O) groups excluding carboxylic acids is 1. The lowest BCUT2D eigenvalue weighted by Gasteiger charge is -2.17. The fourth-order valence-electron chi connectivity index (χ4n) is 1.50. The van der Waals surface area contributed by atoms with Gasteiger partial charge in [-0.2, -0.15) is 0 Å². The normalized spacial score (nSPS) is 26.8. The maximum absolute atomic E-state index is 11.3. The van der Waals surface area contributed by atoms with Crippen LogP contribution in [-0.2, 0) is 4.79 Å². The van der Waals surface area contributed by atoms with E-state index < -0.39 is 0 Å². The zero-order chi connectivity index (χ0) is 10.0. The average molecular weight is 180 g/mol. The number of hydrogen-bond donors (Lipinski definition) is 0. The first-order valence-electron chi connectivity index (χ1n) is 4.48. The summed E-state index contributed by atoms with van der Waals surface area (Å²) in [5.41, 5.74) is 0. The van der Waals surface area contributed by atoms with Gasteiger partial charge in [-0.15, -0.1) is 0 Å². The average Bonchev–Trinajstić information content (AvgIpc) is 2.82. The van der Waals surface area contributed by atoms with Crippen LogP contribution in [0.1, 0.15) is 13.3 Å². The molecule has 0 aromatic rings. The van der Waals surface area contributed by atoms with Crippen LogP contribution in [0, 0.1) is 11.8 Å². The first-order chi connectivity index (χ1) is 6.11. The molecule has 1 amide bonds. The van der Waals surface area contributed by atoms with Gasteiger partial charge in [-0.25, -0.2) is 0 Å². The van der Waals surface area contributed by atoms with Crippen LogP contribution in [0.4, 0.5) is 0 Å². The van der Waals surface area contributed by atoms with Crippen LogP contribution >= 0.6 is 0 Å². The van der Waals surface area contributed by atoms with Crippen LogP contribution in [0.2, 0.25) is 0 Å². The third kappa shape index (κ3) is 1.97. The van der Waals surface area contributed by atoms with E-state index in [-0.39, 0.29) is 5.91 Å². The molecule has 2 unspecified atom stereocenters. The SMILES string of the molecule is C=CC(=O)N(C)/C(=N\C)C1CC1C. The Bertz CT molecular complexity index is 258. The van der Waals surface area contributed by atoms with E-state index in [0.29, 0.717) is 11.8 Å². The zero-order valence-electron chi connectivity index (χ0n) is 8.45. The van der Waals surface area contributed by atoms with Crippen LogP contribution in [0.15, 0.2) is 17.6 Å². The van der Waals surface area contributed by atoms with E-state index in [2.05, 4.69) is 18.5 Å². The van der Waals surface area contributed by atoms with Gasteiger partial charge in [0.25, 0.3) is 5.91 Å². The molecule has 0 N–H and O–H groups in total. The largest absolute Gasteiger partial charge is 0.300 e. The summed E-state index contributed by atoms with van der Waals surface area (Å²) in [7, 11) is 3.48. The summed E-state index contributed by atoms with van der Waals surface area (Å²) in [6, 6.07) is 0. The van der Waals surface area contributed by atoms with Crippen LogP contribution in [0.3, 0.4) is 0 Å². The third-order valence-electron chi connectivity index (χ3n) is 2.52. The second-order valence-electron chi connectivity index (χ2n) is 3.50. The van der Waals surface area contributed by atoms with Crippen molar-refractivity contribution >= 4 is 11.7 Å². The molecule has 0 aromatic carbocycles. The Balaban J connectivity index is 2.68. The summed E-state index contributed by atoms with van der Waals surface area (Å²) >= 11 is 0. The van der Waals surface area contributed by atoms with Crippen molar-refractivity contribution < 1.29 is 4.79 Å². The van der Waals surface area contributed by atoms with Crippen molar-refractivity contribution in [1.29, 1.82) is 0 Å². The van der Waals surface area contributed by atoms with E-state index in [4.69, 9.17) is 0 Å². The Morgan fingerprint density at radius 3 is 2.54 bits per heavy atom. The van der Waals surface area contributed by atoms with Crippen molar-refractivity contribution in [1.82, 2.24) is 4.90 Å². The molecule has 2 atom stereocenters. The summed E-state index contributed by atoms with van der Waals surface area (Å²) in [6.45, 7) is 5.62. The fraction of sp³-hybridized carbons (Fsp3) is 0.600. The van der Waals surface area contributed by atoms with Crippen molar-refractivity contribution in [3.05, 3.63) is 12.7 Å². The summed E-state index contributed by atoms with van der Waals surface area (Å²) in [6.07, 6.45) is 2.46. The molecule has 3 heteroatoms. The molecule has 0 aromatic heterocycles. The fourth-order valence-corrected chi connectivity index (χ4v) is 1.50. The molecule has 0 saturated heterocycles. The second-order valence-corrected chi connectivity index (χ2v) is 3.50. The van der Waals surface area contributed by atoms with Gasteiger partial charge in [0.1, 0.15) is 5.84 Å². The molecule has 1 rings (SSSR count). The lowest BCUT2D eigenvalue weighted by atomic mass is 10.3. The van der Waals surface area contributed by atoms with Crippen molar-refractivity contribution in [3.63, 3.8) is 0 Å². The number of amides is 1. The smallest absolute Gasteiger partial charge is 0.251 e.